The van der Waals surface area contributed by atoms with E-state index in [0.717, 1.165) is 16.0 Å². The molecule has 3 heterocycles. The van der Waals surface area contributed by atoms with Crippen LogP contribution in [0.2, 0.25) is 0 Å². The number of hydrogen-bond acceptors (Lipinski definition) is 4. The number of thiazole rings is 1. The Morgan fingerprint density at radius 3 is 2.91 bits per heavy atom. The maximum absolute atomic E-state index is 4.61. The number of likely N-dealkylation sites (tertiary alicyclic amines) is 1. The number of rotatable bonds is 3. The maximum Gasteiger partial charge on any atom is 0.123 e. The van der Waals surface area contributed by atoms with E-state index in [2.05, 4.69) is 61.6 Å². The average Bonchev–Trinajstić information content (AvgIpc) is 3.24. The average molecular weight is 378 g/mol. The van der Waals surface area contributed by atoms with E-state index in [4.69, 9.17) is 0 Å². The van der Waals surface area contributed by atoms with Crippen LogP contribution in [0.4, 0.5) is 0 Å². The van der Waals surface area contributed by atoms with Crippen LogP contribution >= 0.6 is 27.3 Å². The van der Waals surface area contributed by atoms with Crippen LogP contribution in [0.1, 0.15) is 17.7 Å². The van der Waals surface area contributed by atoms with Crippen LogP contribution in [0.15, 0.2) is 34.9 Å². The summed E-state index contributed by atoms with van der Waals surface area (Å²) in [5.41, 5.74) is 1.76. The number of nitrogens with zero attached hydrogens (tertiary/aromatic N) is 2. The van der Waals surface area contributed by atoms with Gasteiger partial charge in [0.15, 0.2) is 0 Å². The number of hydrogen-bond donors (Lipinski definition) is 1. The SMILES string of the molecule is Brc1ccc(-c2ncc(CN3CCC4(CCNC4)C3)s2)cc1. The van der Waals surface area contributed by atoms with Crippen LogP contribution in [0.5, 0.6) is 0 Å². The Morgan fingerprint density at radius 1 is 1.27 bits per heavy atom. The molecule has 1 spiro atoms. The highest BCUT2D eigenvalue weighted by Gasteiger charge is 2.40. The molecule has 1 atom stereocenters. The monoisotopic (exact) mass is 377 g/mol. The Morgan fingerprint density at radius 2 is 2.14 bits per heavy atom. The number of halogens is 1. The van der Waals surface area contributed by atoms with E-state index in [1.54, 1.807) is 0 Å². The van der Waals surface area contributed by atoms with Gasteiger partial charge in [0.1, 0.15) is 5.01 Å². The van der Waals surface area contributed by atoms with Crippen LogP contribution in [-0.4, -0.2) is 36.1 Å². The van der Waals surface area contributed by atoms with Gasteiger partial charge in [-0.15, -0.1) is 11.3 Å². The molecule has 0 amide bonds. The van der Waals surface area contributed by atoms with Crippen molar-refractivity contribution >= 4 is 27.3 Å². The second kappa shape index (κ2) is 6.04. The van der Waals surface area contributed by atoms with Gasteiger partial charge >= 0.3 is 0 Å². The number of nitrogens with one attached hydrogen (secondary N) is 1. The van der Waals surface area contributed by atoms with Crippen molar-refractivity contribution < 1.29 is 0 Å². The molecular weight excluding hydrogens is 358 g/mol. The zero-order chi connectivity index (χ0) is 15.0. The summed E-state index contributed by atoms with van der Waals surface area (Å²) in [6, 6.07) is 8.41. The van der Waals surface area contributed by atoms with Gasteiger partial charge in [-0.3, -0.25) is 4.90 Å². The predicted molar refractivity (Wildman–Crippen MR) is 95.1 cm³/mol. The van der Waals surface area contributed by atoms with Crippen LogP contribution in [0, 0.1) is 5.41 Å². The van der Waals surface area contributed by atoms with Crippen LogP contribution in [-0.2, 0) is 6.54 Å². The van der Waals surface area contributed by atoms with Gasteiger partial charge in [0, 0.05) is 40.7 Å². The van der Waals surface area contributed by atoms with Crippen molar-refractivity contribution in [3.8, 4) is 10.6 Å². The lowest BCUT2D eigenvalue weighted by Gasteiger charge is -2.22. The second-order valence-corrected chi connectivity index (χ2v) is 8.56. The Bertz CT molecular complexity index is 646. The molecule has 3 nitrogen and oxygen atoms in total. The van der Waals surface area contributed by atoms with Gasteiger partial charge in [-0.05, 0) is 43.5 Å². The summed E-state index contributed by atoms with van der Waals surface area (Å²) in [5.74, 6) is 0. The molecule has 1 unspecified atom stereocenters. The van der Waals surface area contributed by atoms with E-state index >= 15 is 0 Å². The zero-order valence-corrected chi connectivity index (χ0v) is 14.9. The van der Waals surface area contributed by atoms with E-state index in [1.807, 2.05) is 11.3 Å². The molecule has 2 aliphatic heterocycles. The minimum atomic E-state index is 0.555. The number of aromatic nitrogens is 1. The topological polar surface area (TPSA) is 28.2 Å². The van der Waals surface area contributed by atoms with Crippen molar-refractivity contribution in [2.24, 2.45) is 5.41 Å². The minimum absolute atomic E-state index is 0.555. The van der Waals surface area contributed by atoms with Gasteiger partial charge in [-0.1, -0.05) is 28.1 Å². The normalized spacial score (nSPS) is 25.3. The Hall–Kier alpha value is -0.750. The highest BCUT2D eigenvalue weighted by molar-refractivity contribution is 9.10. The summed E-state index contributed by atoms with van der Waals surface area (Å²) in [5, 5.41) is 4.65. The van der Waals surface area contributed by atoms with Crippen LogP contribution < -0.4 is 5.32 Å². The fraction of sp³-hybridized carbons (Fsp3) is 0.471. The summed E-state index contributed by atoms with van der Waals surface area (Å²) < 4.78 is 1.11. The van der Waals surface area contributed by atoms with Gasteiger partial charge in [0.05, 0.1) is 0 Å². The summed E-state index contributed by atoms with van der Waals surface area (Å²) in [4.78, 5) is 8.59. The van der Waals surface area contributed by atoms with Crippen molar-refractivity contribution in [1.82, 2.24) is 15.2 Å². The summed E-state index contributed by atoms with van der Waals surface area (Å²) in [6.07, 6.45) is 4.74. The lowest BCUT2D eigenvalue weighted by Crippen LogP contribution is -2.28. The predicted octanol–water partition coefficient (Wildman–Crippen LogP) is 3.76. The fourth-order valence-corrected chi connectivity index (χ4v) is 4.86. The third-order valence-electron chi connectivity index (χ3n) is 4.87. The van der Waals surface area contributed by atoms with Gasteiger partial charge in [-0.25, -0.2) is 4.98 Å². The highest BCUT2D eigenvalue weighted by atomic mass is 79.9. The van der Waals surface area contributed by atoms with Gasteiger partial charge < -0.3 is 5.32 Å². The van der Waals surface area contributed by atoms with Crippen molar-refractivity contribution in [1.29, 1.82) is 0 Å². The first-order chi connectivity index (χ1) is 10.7. The lowest BCUT2D eigenvalue weighted by atomic mass is 9.87. The molecule has 1 aromatic heterocycles. The smallest absolute Gasteiger partial charge is 0.123 e. The summed E-state index contributed by atoms with van der Waals surface area (Å²) >= 11 is 5.31. The Kier molecular flexibility index (Phi) is 4.07. The van der Waals surface area contributed by atoms with Crippen LogP contribution in [0.3, 0.4) is 0 Å². The van der Waals surface area contributed by atoms with Crippen molar-refractivity contribution in [3.05, 3.63) is 39.8 Å². The fourth-order valence-electron chi connectivity index (χ4n) is 3.63. The highest BCUT2D eigenvalue weighted by Crippen LogP contribution is 2.37. The standard InChI is InChI=1S/C17H20BrN3S/c18-14-3-1-13(2-4-14)16-20-9-15(22-16)10-21-8-6-17(12-21)5-7-19-11-17/h1-4,9,19H,5-8,10-12H2. The van der Waals surface area contributed by atoms with Gasteiger partial charge in [0.25, 0.3) is 0 Å². The summed E-state index contributed by atoms with van der Waals surface area (Å²) in [6.45, 7) is 5.92. The quantitative estimate of drug-likeness (QED) is 0.882. The van der Waals surface area contributed by atoms with Crippen molar-refractivity contribution in [2.75, 3.05) is 26.2 Å². The molecule has 1 N–H and O–H groups in total. The Balaban J connectivity index is 1.43. The molecule has 2 aromatic rings. The largest absolute Gasteiger partial charge is 0.316 e. The molecule has 0 radical (unpaired) electrons. The molecular formula is C17H20BrN3S. The second-order valence-electron chi connectivity index (χ2n) is 6.53. The molecule has 22 heavy (non-hydrogen) atoms. The van der Waals surface area contributed by atoms with E-state index in [-0.39, 0.29) is 0 Å². The molecule has 2 aliphatic rings. The molecule has 2 saturated heterocycles. The molecule has 0 bridgehead atoms. The van der Waals surface area contributed by atoms with E-state index < -0.39 is 0 Å². The van der Waals surface area contributed by atoms with E-state index in [0.29, 0.717) is 5.41 Å². The van der Waals surface area contributed by atoms with Crippen molar-refractivity contribution in [2.45, 2.75) is 19.4 Å². The first kappa shape index (κ1) is 14.8. The van der Waals surface area contributed by atoms with Crippen molar-refractivity contribution in [3.63, 3.8) is 0 Å². The lowest BCUT2D eigenvalue weighted by molar-refractivity contribution is 0.270. The molecule has 116 valence electrons. The van der Waals surface area contributed by atoms with Gasteiger partial charge in [0.2, 0.25) is 0 Å². The van der Waals surface area contributed by atoms with E-state index in [9.17, 15) is 0 Å². The van der Waals surface area contributed by atoms with E-state index in [1.165, 1.54) is 49.5 Å². The molecule has 2 fully saturated rings. The third kappa shape index (κ3) is 3.00. The van der Waals surface area contributed by atoms with Gasteiger partial charge in [-0.2, -0.15) is 0 Å². The molecule has 4 rings (SSSR count). The van der Waals surface area contributed by atoms with Crippen LogP contribution in [0.25, 0.3) is 10.6 Å². The minimum Gasteiger partial charge on any atom is -0.316 e. The Labute approximate surface area is 143 Å². The molecule has 1 aromatic carbocycles. The zero-order valence-electron chi connectivity index (χ0n) is 12.5. The first-order valence-electron chi connectivity index (χ1n) is 7.86. The molecule has 5 heteroatoms. The number of benzene rings is 1. The third-order valence-corrected chi connectivity index (χ3v) is 6.43. The molecule has 0 aliphatic carbocycles. The maximum atomic E-state index is 4.61. The molecule has 0 saturated carbocycles. The summed E-state index contributed by atoms with van der Waals surface area (Å²) in [7, 11) is 0. The first-order valence-corrected chi connectivity index (χ1v) is 9.47.